The van der Waals surface area contributed by atoms with Crippen molar-refractivity contribution in [3.8, 4) is 0 Å². The van der Waals surface area contributed by atoms with E-state index in [1.807, 2.05) is 19.9 Å². The summed E-state index contributed by atoms with van der Waals surface area (Å²) in [6.45, 7) is 5.34. The topological polar surface area (TPSA) is 80.6 Å². The Morgan fingerprint density at radius 1 is 1.15 bits per heavy atom. The zero-order valence-corrected chi connectivity index (χ0v) is 20.0. The van der Waals surface area contributed by atoms with Crippen LogP contribution in [0.25, 0.3) is 11.0 Å². The third-order valence-corrected chi connectivity index (χ3v) is 7.82. The summed E-state index contributed by atoms with van der Waals surface area (Å²) in [6.07, 6.45) is 8.02. The van der Waals surface area contributed by atoms with Crippen LogP contribution in [0.2, 0.25) is 0 Å². The average molecular weight is 467 g/mol. The lowest BCUT2D eigenvalue weighted by Crippen LogP contribution is -2.32. The maximum absolute atomic E-state index is 13.2. The van der Waals surface area contributed by atoms with E-state index in [1.54, 1.807) is 17.6 Å². The number of ether oxygens (including phenoxy) is 1. The van der Waals surface area contributed by atoms with Crippen LogP contribution in [0, 0.1) is 13.8 Å². The first kappa shape index (κ1) is 22.2. The van der Waals surface area contributed by atoms with Gasteiger partial charge in [0.25, 0.3) is 5.91 Å². The number of rotatable bonds is 6. The summed E-state index contributed by atoms with van der Waals surface area (Å²) in [7, 11) is 0. The van der Waals surface area contributed by atoms with E-state index in [-0.39, 0.29) is 24.3 Å². The highest BCUT2D eigenvalue weighted by Crippen LogP contribution is 2.38. The van der Waals surface area contributed by atoms with Gasteiger partial charge in [0.2, 0.25) is 5.91 Å². The van der Waals surface area contributed by atoms with E-state index < -0.39 is 0 Å². The van der Waals surface area contributed by atoms with Crippen LogP contribution in [0.3, 0.4) is 0 Å². The molecule has 0 saturated carbocycles. The van der Waals surface area contributed by atoms with Crippen molar-refractivity contribution in [3.63, 3.8) is 0 Å². The fraction of sp³-hybridized carbons (Fsp3) is 0.462. The van der Waals surface area contributed by atoms with Crippen LogP contribution in [0.4, 0.5) is 5.00 Å². The second kappa shape index (κ2) is 9.31. The molecule has 6 nitrogen and oxygen atoms in total. The van der Waals surface area contributed by atoms with E-state index in [2.05, 4.69) is 16.7 Å². The number of thiophene rings is 1. The number of amides is 2. The largest absolute Gasteiger partial charge is 0.464 e. The van der Waals surface area contributed by atoms with Crippen LogP contribution >= 0.6 is 11.3 Å². The van der Waals surface area contributed by atoms with E-state index in [9.17, 15) is 9.59 Å². The van der Waals surface area contributed by atoms with Crippen molar-refractivity contribution in [1.82, 2.24) is 5.32 Å². The van der Waals surface area contributed by atoms with Crippen molar-refractivity contribution in [2.45, 2.75) is 64.9 Å². The molecule has 2 aromatic heterocycles. The molecule has 0 unspecified atom stereocenters. The summed E-state index contributed by atoms with van der Waals surface area (Å²) in [4.78, 5) is 27.5. The molecule has 3 heterocycles. The fourth-order valence-electron chi connectivity index (χ4n) is 5.09. The smallest absolute Gasteiger partial charge is 0.254 e. The molecule has 1 fully saturated rings. The Hall–Kier alpha value is -2.64. The Balaban J connectivity index is 1.36. The van der Waals surface area contributed by atoms with E-state index in [4.69, 9.17) is 9.15 Å². The molecule has 2 amide bonds. The van der Waals surface area contributed by atoms with Crippen molar-refractivity contribution in [2.24, 2.45) is 0 Å². The van der Waals surface area contributed by atoms with Crippen molar-refractivity contribution in [2.75, 3.05) is 18.5 Å². The first-order chi connectivity index (χ1) is 16.0. The molecule has 1 aromatic carbocycles. The number of hydrogen-bond donors (Lipinski definition) is 2. The molecule has 33 heavy (non-hydrogen) atoms. The zero-order valence-electron chi connectivity index (χ0n) is 19.2. The van der Waals surface area contributed by atoms with Crippen LogP contribution < -0.4 is 10.6 Å². The minimum atomic E-state index is -0.135. The van der Waals surface area contributed by atoms with Crippen molar-refractivity contribution >= 4 is 39.1 Å². The molecule has 174 valence electrons. The number of fused-ring (bicyclic) bond motifs is 2. The zero-order chi connectivity index (χ0) is 22.9. The van der Waals surface area contributed by atoms with Gasteiger partial charge in [-0.2, -0.15) is 0 Å². The minimum absolute atomic E-state index is 0.0858. The van der Waals surface area contributed by atoms with Crippen molar-refractivity contribution in [3.05, 3.63) is 51.1 Å². The lowest BCUT2D eigenvalue weighted by atomic mass is 9.95. The lowest BCUT2D eigenvalue weighted by Gasteiger charge is -2.15. The molecular weight excluding hydrogens is 436 g/mol. The monoisotopic (exact) mass is 466 g/mol. The highest BCUT2D eigenvalue weighted by atomic mass is 32.1. The Morgan fingerprint density at radius 3 is 2.82 bits per heavy atom. The molecule has 2 N–H and O–H groups in total. The van der Waals surface area contributed by atoms with Crippen molar-refractivity contribution < 1.29 is 18.7 Å². The Labute approximate surface area is 197 Å². The highest BCUT2D eigenvalue weighted by molar-refractivity contribution is 7.17. The van der Waals surface area contributed by atoms with Crippen LogP contribution in [-0.2, 0) is 28.8 Å². The van der Waals surface area contributed by atoms with E-state index in [0.29, 0.717) is 17.1 Å². The second-order valence-corrected chi connectivity index (χ2v) is 10.3. The predicted octanol–water partition coefficient (Wildman–Crippen LogP) is 5.08. The first-order valence-electron chi connectivity index (χ1n) is 11.8. The normalized spacial score (nSPS) is 17.8. The summed E-state index contributed by atoms with van der Waals surface area (Å²) in [5.41, 5.74) is 5.65. The summed E-state index contributed by atoms with van der Waals surface area (Å²) in [5, 5.41) is 7.77. The first-order valence-corrected chi connectivity index (χ1v) is 12.6. The maximum Gasteiger partial charge on any atom is 0.254 e. The minimum Gasteiger partial charge on any atom is -0.464 e. The van der Waals surface area contributed by atoms with Crippen LogP contribution in [0.5, 0.6) is 0 Å². The van der Waals surface area contributed by atoms with E-state index in [1.165, 1.54) is 4.88 Å². The summed E-state index contributed by atoms with van der Waals surface area (Å²) < 4.78 is 11.4. The number of furan rings is 1. The summed E-state index contributed by atoms with van der Waals surface area (Å²) >= 11 is 1.55. The molecule has 3 aromatic rings. The molecule has 1 saturated heterocycles. The standard InChI is InChI=1S/C26H30N2O4S/c1-15-10-16(2)23-17(14-32-20(23)11-15)12-22(29)28-26-24(19-7-3-4-8-21(19)33-26)25(30)27-13-18-6-5-9-31-18/h10-11,14,18H,3-9,12-13H2,1-2H3,(H,27,30)(H,28,29)/t18-/m1/s1. The quantitative estimate of drug-likeness (QED) is 0.531. The number of benzene rings is 1. The molecule has 5 rings (SSSR count). The summed E-state index contributed by atoms with van der Waals surface area (Å²) in [5.74, 6) is -0.246. The number of anilines is 1. The number of aryl methyl sites for hydroxylation is 3. The van der Waals surface area contributed by atoms with Gasteiger partial charge in [0, 0.05) is 29.0 Å². The Morgan fingerprint density at radius 2 is 2.00 bits per heavy atom. The van der Waals surface area contributed by atoms with Gasteiger partial charge >= 0.3 is 0 Å². The molecule has 7 heteroatoms. The van der Waals surface area contributed by atoms with Crippen LogP contribution in [0.15, 0.2) is 22.8 Å². The third kappa shape index (κ3) is 4.57. The fourth-order valence-corrected chi connectivity index (χ4v) is 6.40. The van der Waals surface area contributed by atoms with Gasteiger partial charge < -0.3 is 19.8 Å². The van der Waals surface area contributed by atoms with Crippen molar-refractivity contribution in [1.29, 1.82) is 0 Å². The Kier molecular flexibility index (Phi) is 6.25. The lowest BCUT2D eigenvalue weighted by molar-refractivity contribution is -0.115. The summed E-state index contributed by atoms with van der Waals surface area (Å²) in [6, 6.07) is 4.09. The predicted molar refractivity (Wildman–Crippen MR) is 130 cm³/mol. The van der Waals surface area contributed by atoms with Gasteiger partial charge in [-0.3, -0.25) is 9.59 Å². The molecule has 2 aliphatic rings. The van der Waals surface area contributed by atoms with E-state index >= 15 is 0 Å². The van der Waals surface area contributed by atoms with Gasteiger partial charge in [-0.15, -0.1) is 11.3 Å². The Bertz CT molecular complexity index is 1200. The highest BCUT2D eigenvalue weighted by Gasteiger charge is 2.27. The van der Waals surface area contributed by atoms with Gasteiger partial charge in [0.05, 0.1) is 24.4 Å². The number of carbonyl (C=O) groups is 2. The van der Waals surface area contributed by atoms with Gasteiger partial charge in [0.15, 0.2) is 0 Å². The van der Waals surface area contributed by atoms with Crippen LogP contribution in [-0.4, -0.2) is 31.1 Å². The molecule has 1 aliphatic carbocycles. The molecule has 0 bridgehead atoms. The van der Waals surface area contributed by atoms with Gasteiger partial charge in [0.1, 0.15) is 10.6 Å². The molecule has 1 aliphatic heterocycles. The van der Waals surface area contributed by atoms with Gasteiger partial charge in [-0.1, -0.05) is 6.07 Å². The second-order valence-electron chi connectivity index (χ2n) is 9.20. The number of nitrogens with one attached hydrogen (secondary N) is 2. The SMILES string of the molecule is Cc1cc(C)c2c(CC(=O)Nc3sc4c(c3C(=O)NC[C@H]3CCCO3)CCCC4)coc2c1. The molecule has 0 spiro atoms. The molecule has 0 radical (unpaired) electrons. The van der Waals surface area contributed by atoms with Gasteiger partial charge in [-0.25, -0.2) is 0 Å². The van der Waals surface area contributed by atoms with Crippen LogP contribution in [0.1, 0.15) is 63.2 Å². The molecular formula is C26H30N2O4S. The van der Waals surface area contributed by atoms with Gasteiger partial charge in [-0.05, 0) is 75.1 Å². The maximum atomic E-state index is 13.2. The number of carbonyl (C=O) groups excluding carboxylic acids is 2. The average Bonchev–Trinajstić information content (AvgIpc) is 3.50. The van der Waals surface area contributed by atoms with E-state index in [0.717, 1.165) is 78.4 Å². The molecule has 1 atom stereocenters. The number of hydrogen-bond acceptors (Lipinski definition) is 5. The third-order valence-electron chi connectivity index (χ3n) is 6.61.